The van der Waals surface area contributed by atoms with Crippen molar-refractivity contribution >= 4 is 11.8 Å². The van der Waals surface area contributed by atoms with Gasteiger partial charge in [-0.1, -0.05) is 18.0 Å². The molecule has 2 amide bonds. The predicted octanol–water partition coefficient (Wildman–Crippen LogP) is 1.71. The third kappa shape index (κ3) is 5.27. The summed E-state index contributed by atoms with van der Waals surface area (Å²) < 4.78 is 10.4. The Hall–Kier alpha value is -2.68. The van der Waals surface area contributed by atoms with Crippen LogP contribution in [0.1, 0.15) is 38.0 Å². The van der Waals surface area contributed by atoms with Gasteiger partial charge in [0, 0.05) is 58.0 Å². The largest absolute Gasteiger partial charge is 0.461 e. The molecule has 0 bridgehead atoms. The Labute approximate surface area is 175 Å². The molecule has 0 unspecified atom stereocenters. The van der Waals surface area contributed by atoms with Gasteiger partial charge < -0.3 is 19.2 Å². The lowest BCUT2D eigenvalue weighted by molar-refractivity contribution is -0.137. The summed E-state index contributed by atoms with van der Waals surface area (Å²) in [6.45, 7) is 4.70. The summed E-state index contributed by atoms with van der Waals surface area (Å²) in [6.07, 6.45) is 6.72. The molecule has 2 aromatic rings. The van der Waals surface area contributed by atoms with E-state index in [2.05, 4.69) is 20.4 Å². The zero-order chi connectivity index (χ0) is 20.8. The molecule has 1 N–H and O–H groups in total. The topological polar surface area (TPSA) is 105 Å². The zero-order valence-corrected chi connectivity index (χ0v) is 17.2. The molecule has 2 fully saturated rings. The van der Waals surface area contributed by atoms with Crippen LogP contribution in [0, 0.1) is 5.92 Å². The molecule has 0 radical (unpaired) electrons. The summed E-state index contributed by atoms with van der Waals surface area (Å²) in [5.41, 5.74) is 0. The molecule has 4 rings (SSSR count). The van der Waals surface area contributed by atoms with E-state index in [0.29, 0.717) is 42.8 Å². The Balaban J connectivity index is 1.10. The summed E-state index contributed by atoms with van der Waals surface area (Å²) in [7, 11) is 0. The minimum atomic E-state index is -0.0391. The van der Waals surface area contributed by atoms with E-state index in [0.717, 1.165) is 45.6 Å². The second-order valence-electron chi connectivity index (χ2n) is 7.99. The highest BCUT2D eigenvalue weighted by molar-refractivity contribution is 5.79. The molecule has 162 valence electrons. The number of hydrogen-bond acceptors (Lipinski definition) is 7. The van der Waals surface area contributed by atoms with Crippen molar-refractivity contribution in [2.24, 2.45) is 5.92 Å². The second-order valence-corrected chi connectivity index (χ2v) is 7.99. The predicted molar refractivity (Wildman–Crippen MR) is 108 cm³/mol. The molecular weight excluding hydrogens is 386 g/mol. The van der Waals surface area contributed by atoms with Gasteiger partial charge in [-0.15, -0.1) is 0 Å². The minimum absolute atomic E-state index is 0.0391. The third-order valence-electron chi connectivity index (χ3n) is 5.91. The van der Waals surface area contributed by atoms with Gasteiger partial charge in [0.1, 0.15) is 0 Å². The summed E-state index contributed by atoms with van der Waals surface area (Å²) in [6, 6.07) is 3.51. The number of furan rings is 1. The van der Waals surface area contributed by atoms with Crippen LogP contribution in [-0.2, 0) is 16.0 Å². The maximum absolute atomic E-state index is 12.5. The Morgan fingerprint density at radius 3 is 2.70 bits per heavy atom. The average Bonchev–Trinajstić information content (AvgIpc) is 3.54. The second kappa shape index (κ2) is 9.88. The van der Waals surface area contributed by atoms with E-state index in [4.69, 9.17) is 8.94 Å². The van der Waals surface area contributed by atoms with E-state index >= 15 is 0 Å². The van der Waals surface area contributed by atoms with Crippen molar-refractivity contribution in [2.45, 2.75) is 38.5 Å². The van der Waals surface area contributed by atoms with Crippen molar-refractivity contribution in [2.75, 3.05) is 39.3 Å². The molecule has 1 aliphatic heterocycles. The van der Waals surface area contributed by atoms with Crippen molar-refractivity contribution < 1.29 is 18.5 Å². The first kappa shape index (κ1) is 20.6. The lowest BCUT2D eigenvalue weighted by atomic mass is 10.1. The lowest BCUT2D eigenvalue weighted by Crippen LogP contribution is -2.51. The highest BCUT2D eigenvalue weighted by Crippen LogP contribution is 2.26. The van der Waals surface area contributed by atoms with Crippen LogP contribution in [0.25, 0.3) is 11.6 Å². The van der Waals surface area contributed by atoms with Crippen LogP contribution in [0.2, 0.25) is 0 Å². The Kier molecular flexibility index (Phi) is 6.78. The van der Waals surface area contributed by atoms with E-state index in [1.165, 1.54) is 12.8 Å². The zero-order valence-electron chi connectivity index (χ0n) is 17.2. The molecule has 3 heterocycles. The van der Waals surface area contributed by atoms with Gasteiger partial charge in [-0.05, 0) is 25.0 Å². The fraction of sp³-hybridized carbons (Fsp3) is 0.619. The van der Waals surface area contributed by atoms with Crippen LogP contribution in [0.15, 0.2) is 27.3 Å². The van der Waals surface area contributed by atoms with Gasteiger partial charge in [0.15, 0.2) is 5.76 Å². The molecule has 2 aliphatic rings. The van der Waals surface area contributed by atoms with Crippen molar-refractivity contribution in [3.8, 4) is 11.6 Å². The van der Waals surface area contributed by atoms with Gasteiger partial charge in [-0.2, -0.15) is 4.98 Å². The first-order valence-electron chi connectivity index (χ1n) is 10.8. The maximum Gasteiger partial charge on any atom is 0.238 e. The van der Waals surface area contributed by atoms with E-state index in [-0.39, 0.29) is 11.8 Å². The third-order valence-corrected chi connectivity index (χ3v) is 5.91. The first-order valence-corrected chi connectivity index (χ1v) is 10.8. The van der Waals surface area contributed by atoms with Gasteiger partial charge >= 0.3 is 0 Å². The lowest BCUT2D eigenvalue weighted by Gasteiger charge is -2.36. The Morgan fingerprint density at radius 1 is 1.17 bits per heavy atom. The Bertz CT molecular complexity index is 820. The van der Waals surface area contributed by atoms with Crippen LogP contribution in [0.5, 0.6) is 0 Å². The number of piperazine rings is 1. The first-order chi connectivity index (χ1) is 14.7. The monoisotopic (exact) mass is 415 g/mol. The van der Waals surface area contributed by atoms with E-state index in [1.54, 1.807) is 18.4 Å². The SMILES string of the molecule is O=C(CCc1nc(-c2ccco2)no1)NCCN1CCN(C(=O)C2CCCC2)CC1. The number of nitrogens with zero attached hydrogens (tertiary/aromatic N) is 4. The quantitative estimate of drug-likeness (QED) is 0.700. The normalized spacial score (nSPS) is 18.1. The molecule has 0 atom stereocenters. The van der Waals surface area contributed by atoms with Gasteiger partial charge in [-0.25, -0.2) is 0 Å². The maximum atomic E-state index is 12.5. The number of carbonyl (C=O) groups excluding carboxylic acids is 2. The minimum Gasteiger partial charge on any atom is -0.461 e. The summed E-state index contributed by atoms with van der Waals surface area (Å²) >= 11 is 0. The summed E-state index contributed by atoms with van der Waals surface area (Å²) in [5.74, 6) is 1.91. The smallest absolute Gasteiger partial charge is 0.238 e. The van der Waals surface area contributed by atoms with Crippen LogP contribution in [-0.4, -0.2) is 71.0 Å². The van der Waals surface area contributed by atoms with Crippen LogP contribution in [0.4, 0.5) is 0 Å². The summed E-state index contributed by atoms with van der Waals surface area (Å²) in [5, 5.41) is 6.80. The number of nitrogens with one attached hydrogen (secondary N) is 1. The highest BCUT2D eigenvalue weighted by atomic mass is 16.5. The molecule has 9 nitrogen and oxygen atoms in total. The molecule has 9 heteroatoms. The highest BCUT2D eigenvalue weighted by Gasteiger charge is 2.29. The van der Waals surface area contributed by atoms with E-state index in [9.17, 15) is 9.59 Å². The van der Waals surface area contributed by atoms with Gasteiger partial charge in [0.2, 0.25) is 23.5 Å². The van der Waals surface area contributed by atoms with Crippen molar-refractivity contribution in [1.82, 2.24) is 25.3 Å². The molecule has 30 heavy (non-hydrogen) atoms. The van der Waals surface area contributed by atoms with Crippen molar-refractivity contribution in [1.29, 1.82) is 0 Å². The molecule has 1 saturated heterocycles. The van der Waals surface area contributed by atoms with E-state index in [1.807, 2.05) is 4.90 Å². The number of rotatable bonds is 8. The molecule has 0 aromatic carbocycles. The van der Waals surface area contributed by atoms with Crippen LogP contribution < -0.4 is 5.32 Å². The fourth-order valence-electron chi connectivity index (χ4n) is 4.15. The van der Waals surface area contributed by atoms with E-state index < -0.39 is 0 Å². The number of hydrogen-bond donors (Lipinski definition) is 1. The van der Waals surface area contributed by atoms with Crippen LogP contribution >= 0.6 is 0 Å². The number of amides is 2. The van der Waals surface area contributed by atoms with Crippen molar-refractivity contribution in [3.05, 3.63) is 24.3 Å². The Morgan fingerprint density at radius 2 is 1.97 bits per heavy atom. The average molecular weight is 415 g/mol. The van der Waals surface area contributed by atoms with Crippen molar-refractivity contribution in [3.63, 3.8) is 0 Å². The fourth-order valence-corrected chi connectivity index (χ4v) is 4.15. The van der Waals surface area contributed by atoms with Crippen LogP contribution in [0.3, 0.4) is 0 Å². The van der Waals surface area contributed by atoms with Gasteiger partial charge in [0.25, 0.3) is 0 Å². The molecule has 0 spiro atoms. The number of aromatic nitrogens is 2. The molecule has 2 aromatic heterocycles. The number of aryl methyl sites for hydroxylation is 1. The molecular formula is C21H29N5O4. The molecule has 1 aliphatic carbocycles. The standard InChI is InChI=1S/C21H29N5O4/c27-18(7-8-19-23-20(24-30-19)17-6-3-15-29-17)22-9-10-25-11-13-26(14-12-25)21(28)16-4-1-2-5-16/h3,6,15-16H,1-2,4-5,7-14H2,(H,22,27). The van der Waals surface area contributed by atoms with Gasteiger partial charge in [0.05, 0.1) is 6.26 Å². The van der Waals surface area contributed by atoms with Gasteiger partial charge in [-0.3, -0.25) is 14.5 Å². The summed E-state index contributed by atoms with van der Waals surface area (Å²) in [4.78, 5) is 33.1. The number of carbonyl (C=O) groups is 2. The molecule has 1 saturated carbocycles.